The minimum Gasteiger partial charge on any atom is -0.341 e. The van der Waals surface area contributed by atoms with Gasteiger partial charge in [-0.1, -0.05) is 18.2 Å². The van der Waals surface area contributed by atoms with E-state index in [1.807, 2.05) is 28.5 Å². The van der Waals surface area contributed by atoms with Gasteiger partial charge in [-0.15, -0.1) is 11.3 Å². The largest absolute Gasteiger partial charge is 0.341 e. The monoisotopic (exact) mass is 358 g/mol. The van der Waals surface area contributed by atoms with Crippen molar-refractivity contribution in [2.75, 3.05) is 38.5 Å². The zero-order valence-corrected chi connectivity index (χ0v) is 15.1. The van der Waals surface area contributed by atoms with E-state index < -0.39 is 0 Å². The Kier molecular flexibility index (Phi) is 5.78. The van der Waals surface area contributed by atoms with E-state index in [9.17, 15) is 9.59 Å². The summed E-state index contributed by atoms with van der Waals surface area (Å²) in [6.07, 6.45) is 1.28. The third-order valence-corrected chi connectivity index (χ3v) is 5.02. The van der Waals surface area contributed by atoms with Crippen LogP contribution in [0.2, 0.25) is 0 Å². The van der Waals surface area contributed by atoms with Crippen LogP contribution in [-0.2, 0) is 11.2 Å². The van der Waals surface area contributed by atoms with Crippen molar-refractivity contribution in [2.45, 2.75) is 12.8 Å². The van der Waals surface area contributed by atoms with Crippen LogP contribution >= 0.6 is 11.3 Å². The van der Waals surface area contributed by atoms with Crippen LogP contribution in [0.1, 0.15) is 22.5 Å². The maximum Gasteiger partial charge on any atom is 0.257 e. The Morgan fingerprint density at radius 3 is 2.76 bits per heavy atom. The molecular formula is C18H22N4O2S. The van der Waals surface area contributed by atoms with Crippen LogP contribution in [0.4, 0.5) is 5.13 Å². The zero-order valence-electron chi connectivity index (χ0n) is 14.3. The van der Waals surface area contributed by atoms with Gasteiger partial charge in [0.2, 0.25) is 5.91 Å². The molecule has 1 N–H and O–H groups in total. The average Bonchev–Trinajstić information content (AvgIpc) is 2.92. The smallest absolute Gasteiger partial charge is 0.257 e. The van der Waals surface area contributed by atoms with Gasteiger partial charge in [0.1, 0.15) is 0 Å². The van der Waals surface area contributed by atoms with E-state index in [0.717, 1.165) is 32.6 Å². The van der Waals surface area contributed by atoms with Crippen molar-refractivity contribution >= 4 is 28.3 Å². The molecule has 1 aliphatic rings. The molecule has 0 saturated carbocycles. The number of hydrogen-bond donors (Lipinski definition) is 1. The van der Waals surface area contributed by atoms with E-state index in [2.05, 4.69) is 22.2 Å². The molecular weight excluding hydrogens is 336 g/mol. The SMILES string of the molecule is CN1CCCN(C(=O)Cc2csc(NC(=O)c3ccccc3)n2)CC1. The van der Waals surface area contributed by atoms with E-state index in [1.165, 1.54) is 11.3 Å². The Balaban J connectivity index is 1.56. The van der Waals surface area contributed by atoms with Crippen molar-refractivity contribution in [2.24, 2.45) is 0 Å². The van der Waals surface area contributed by atoms with Crippen LogP contribution < -0.4 is 5.32 Å². The summed E-state index contributed by atoms with van der Waals surface area (Å²) in [6.45, 7) is 3.49. The summed E-state index contributed by atoms with van der Waals surface area (Å²) in [5.41, 5.74) is 1.29. The number of anilines is 1. The summed E-state index contributed by atoms with van der Waals surface area (Å²) >= 11 is 1.34. The summed E-state index contributed by atoms with van der Waals surface area (Å²) < 4.78 is 0. The van der Waals surface area contributed by atoms with Crippen LogP contribution in [0, 0.1) is 0 Å². The number of rotatable bonds is 4. The van der Waals surface area contributed by atoms with Crippen LogP contribution in [0.25, 0.3) is 0 Å². The van der Waals surface area contributed by atoms with Gasteiger partial charge in [-0.05, 0) is 32.1 Å². The van der Waals surface area contributed by atoms with E-state index in [-0.39, 0.29) is 18.2 Å². The van der Waals surface area contributed by atoms with Crippen molar-refractivity contribution in [3.05, 3.63) is 47.0 Å². The van der Waals surface area contributed by atoms with Crippen LogP contribution in [0.15, 0.2) is 35.7 Å². The fourth-order valence-electron chi connectivity index (χ4n) is 2.77. The number of carbonyl (C=O) groups excluding carboxylic acids is 2. The highest BCUT2D eigenvalue weighted by molar-refractivity contribution is 7.14. The maximum absolute atomic E-state index is 12.5. The summed E-state index contributed by atoms with van der Waals surface area (Å²) in [6, 6.07) is 9.01. The van der Waals surface area contributed by atoms with Crippen molar-refractivity contribution in [3.63, 3.8) is 0 Å². The molecule has 25 heavy (non-hydrogen) atoms. The van der Waals surface area contributed by atoms with Gasteiger partial charge in [-0.25, -0.2) is 4.98 Å². The van der Waals surface area contributed by atoms with Gasteiger partial charge in [0, 0.05) is 30.6 Å². The number of amides is 2. The molecule has 1 aliphatic heterocycles. The van der Waals surface area contributed by atoms with Crippen molar-refractivity contribution in [1.82, 2.24) is 14.8 Å². The Labute approximate surface area is 151 Å². The summed E-state index contributed by atoms with van der Waals surface area (Å²) in [7, 11) is 2.08. The lowest BCUT2D eigenvalue weighted by atomic mass is 10.2. The first-order valence-electron chi connectivity index (χ1n) is 8.39. The molecule has 0 bridgehead atoms. The van der Waals surface area contributed by atoms with E-state index in [0.29, 0.717) is 16.4 Å². The minimum absolute atomic E-state index is 0.0986. The molecule has 0 unspecified atom stereocenters. The van der Waals surface area contributed by atoms with Crippen molar-refractivity contribution < 1.29 is 9.59 Å². The quantitative estimate of drug-likeness (QED) is 0.909. The number of aromatic nitrogens is 1. The number of thiazole rings is 1. The Morgan fingerprint density at radius 1 is 1.16 bits per heavy atom. The first-order valence-corrected chi connectivity index (χ1v) is 9.27. The Bertz CT molecular complexity index is 732. The molecule has 2 heterocycles. The second-order valence-corrected chi connectivity index (χ2v) is 7.04. The molecule has 1 saturated heterocycles. The van der Waals surface area contributed by atoms with Crippen molar-refractivity contribution in [1.29, 1.82) is 0 Å². The number of nitrogens with one attached hydrogen (secondary N) is 1. The molecule has 1 aromatic heterocycles. The standard InChI is InChI=1S/C18H22N4O2S/c1-21-8-5-9-22(11-10-21)16(23)12-15-13-25-18(19-15)20-17(24)14-6-3-2-4-7-14/h2-4,6-7,13H,5,8-12H2,1H3,(H,19,20,24). The number of carbonyl (C=O) groups is 2. The molecule has 0 aliphatic carbocycles. The summed E-state index contributed by atoms with van der Waals surface area (Å²) in [5, 5.41) is 5.14. The van der Waals surface area contributed by atoms with Gasteiger partial charge in [0.05, 0.1) is 12.1 Å². The highest BCUT2D eigenvalue weighted by Gasteiger charge is 2.19. The second kappa shape index (κ2) is 8.22. The van der Waals surface area contributed by atoms with E-state index in [4.69, 9.17) is 0 Å². The third-order valence-electron chi connectivity index (χ3n) is 4.21. The summed E-state index contributed by atoms with van der Waals surface area (Å²) in [4.78, 5) is 33.1. The van der Waals surface area contributed by atoms with Gasteiger partial charge in [0.15, 0.2) is 5.13 Å². The molecule has 2 amide bonds. The van der Waals surface area contributed by atoms with Gasteiger partial charge in [-0.2, -0.15) is 0 Å². The second-order valence-electron chi connectivity index (χ2n) is 6.18. The third kappa shape index (κ3) is 4.87. The van der Waals surface area contributed by atoms with Gasteiger partial charge in [0.25, 0.3) is 5.91 Å². The van der Waals surface area contributed by atoms with Gasteiger partial charge in [-0.3, -0.25) is 14.9 Å². The molecule has 0 spiro atoms. The zero-order chi connectivity index (χ0) is 17.6. The molecule has 132 valence electrons. The lowest BCUT2D eigenvalue weighted by Crippen LogP contribution is -2.35. The van der Waals surface area contributed by atoms with Crippen molar-refractivity contribution in [3.8, 4) is 0 Å². The molecule has 2 aromatic rings. The molecule has 1 fully saturated rings. The molecule has 1 aromatic carbocycles. The lowest BCUT2D eigenvalue weighted by Gasteiger charge is -2.20. The number of hydrogen-bond acceptors (Lipinski definition) is 5. The first-order chi connectivity index (χ1) is 12.1. The van der Waals surface area contributed by atoms with E-state index >= 15 is 0 Å². The topological polar surface area (TPSA) is 65.5 Å². The predicted octanol–water partition coefficient (Wildman–Crippen LogP) is 2.10. The number of likely N-dealkylation sites (N-methyl/N-ethyl adjacent to an activating group) is 1. The molecule has 3 rings (SSSR count). The number of nitrogens with zero attached hydrogens (tertiary/aromatic N) is 3. The number of benzene rings is 1. The van der Waals surface area contributed by atoms with Gasteiger partial charge >= 0.3 is 0 Å². The highest BCUT2D eigenvalue weighted by Crippen LogP contribution is 2.17. The van der Waals surface area contributed by atoms with Crippen LogP contribution in [0.5, 0.6) is 0 Å². The van der Waals surface area contributed by atoms with Gasteiger partial charge < -0.3 is 9.80 Å². The predicted molar refractivity (Wildman–Crippen MR) is 98.9 cm³/mol. The molecule has 6 nitrogen and oxygen atoms in total. The normalized spacial score (nSPS) is 15.6. The Morgan fingerprint density at radius 2 is 1.96 bits per heavy atom. The fraction of sp³-hybridized carbons (Fsp3) is 0.389. The maximum atomic E-state index is 12.5. The fourth-order valence-corrected chi connectivity index (χ4v) is 3.47. The molecule has 7 heteroatoms. The van der Waals surface area contributed by atoms with Crippen LogP contribution in [-0.4, -0.2) is 59.8 Å². The first kappa shape index (κ1) is 17.6. The molecule has 0 atom stereocenters. The Hall–Kier alpha value is -2.25. The highest BCUT2D eigenvalue weighted by atomic mass is 32.1. The van der Waals surface area contributed by atoms with Crippen LogP contribution in [0.3, 0.4) is 0 Å². The minimum atomic E-state index is -0.191. The average molecular weight is 358 g/mol. The molecule has 0 radical (unpaired) electrons. The van der Waals surface area contributed by atoms with E-state index in [1.54, 1.807) is 12.1 Å². The lowest BCUT2D eigenvalue weighted by molar-refractivity contribution is -0.130. The summed E-state index contributed by atoms with van der Waals surface area (Å²) in [5.74, 6) is -0.0927.